The van der Waals surface area contributed by atoms with Gasteiger partial charge in [0, 0.05) is 11.5 Å². The second kappa shape index (κ2) is 3.61. The van der Waals surface area contributed by atoms with Gasteiger partial charge in [-0.05, 0) is 19.1 Å². The van der Waals surface area contributed by atoms with Crippen molar-refractivity contribution >= 4 is 16.9 Å². The SMILES string of the molecule is Cc1n[nH]c2cc(OCC(=O)O)ccc12. The predicted octanol–water partition coefficient (Wildman–Crippen LogP) is 1.33. The van der Waals surface area contributed by atoms with Crippen LogP contribution in [0.1, 0.15) is 5.69 Å². The van der Waals surface area contributed by atoms with Crippen molar-refractivity contribution in [3.05, 3.63) is 23.9 Å². The Hall–Kier alpha value is -2.04. The fraction of sp³-hybridized carbons (Fsp3) is 0.200. The van der Waals surface area contributed by atoms with Gasteiger partial charge in [-0.1, -0.05) is 0 Å². The van der Waals surface area contributed by atoms with E-state index in [1.807, 2.05) is 13.0 Å². The number of aromatic amines is 1. The summed E-state index contributed by atoms with van der Waals surface area (Å²) in [5.41, 5.74) is 1.75. The number of ether oxygens (including phenoxy) is 1. The number of rotatable bonds is 3. The lowest BCUT2D eigenvalue weighted by atomic mass is 10.2. The van der Waals surface area contributed by atoms with Gasteiger partial charge in [0.25, 0.3) is 0 Å². The summed E-state index contributed by atoms with van der Waals surface area (Å²) >= 11 is 0. The van der Waals surface area contributed by atoms with Gasteiger partial charge >= 0.3 is 5.97 Å². The van der Waals surface area contributed by atoms with Crippen LogP contribution in [0.25, 0.3) is 10.9 Å². The van der Waals surface area contributed by atoms with Crippen LogP contribution in [0, 0.1) is 6.92 Å². The molecular weight excluding hydrogens is 196 g/mol. The van der Waals surface area contributed by atoms with Gasteiger partial charge in [-0.15, -0.1) is 0 Å². The number of carboxylic acid groups (broad SMARTS) is 1. The van der Waals surface area contributed by atoms with Crippen molar-refractivity contribution in [2.45, 2.75) is 6.92 Å². The van der Waals surface area contributed by atoms with Crippen molar-refractivity contribution in [1.82, 2.24) is 10.2 Å². The molecule has 0 saturated heterocycles. The highest BCUT2D eigenvalue weighted by molar-refractivity contribution is 5.82. The maximum Gasteiger partial charge on any atom is 0.341 e. The number of H-pyrrole nitrogens is 1. The standard InChI is InChI=1S/C10H10N2O3/c1-6-8-3-2-7(15-5-10(13)14)4-9(8)12-11-6/h2-4H,5H2,1H3,(H,11,12)(H,13,14). The third-order valence-electron chi connectivity index (χ3n) is 2.09. The van der Waals surface area contributed by atoms with Crippen LogP contribution >= 0.6 is 0 Å². The molecule has 0 spiro atoms. The van der Waals surface area contributed by atoms with Gasteiger partial charge in [0.15, 0.2) is 6.61 Å². The van der Waals surface area contributed by atoms with Gasteiger partial charge in [0.05, 0.1) is 11.2 Å². The summed E-state index contributed by atoms with van der Waals surface area (Å²) in [7, 11) is 0. The van der Waals surface area contributed by atoms with Crippen molar-refractivity contribution in [3.63, 3.8) is 0 Å². The van der Waals surface area contributed by atoms with Gasteiger partial charge in [0.2, 0.25) is 0 Å². The molecule has 0 unspecified atom stereocenters. The van der Waals surface area contributed by atoms with Gasteiger partial charge in [-0.2, -0.15) is 5.10 Å². The van der Waals surface area contributed by atoms with Crippen molar-refractivity contribution in [1.29, 1.82) is 0 Å². The van der Waals surface area contributed by atoms with E-state index in [2.05, 4.69) is 10.2 Å². The van der Waals surface area contributed by atoms with E-state index in [9.17, 15) is 4.79 Å². The topological polar surface area (TPSA) is 75.2 Å². The molecule has 15 heavy (non-hydrogen) atoms. The minimum Gasteiger partial charge on any atom is -0.482 e. The first-order chi connectivity index (χ1) is 7.16. The molecule has 0 radical (unpaired) electrons. The Morgan fingerprint density at radius 1 is 1.60 bits per heavy atom. The van der Waals surface area contributed by atoms with E-state index in [-0.39, 0.29) is 6.61 Å². The van der Waals surface area contributed by atoms with E-state index < -0.39 is 5.97 Å². The van der Waals surface area contributed by atoms with Gasteiger partial charge in [-0.25, -0.2) is 4.79 Å². The number of aliphatic carboxylic acids is 1. The van der Waals surface area contributed by atoms with E-state index in [0.29, 0.717) is 5.75 Å². The third-order valence-corrected chi connectivity index (χ3v) is 2.09. The molecule has 0 fully saturated rings. The number of nitrogens with zero attached hydrogens (tertiary/aromatic N) is 1. The molecule has 78 valence electrons. The first-order valence-electron chi connectivity index (χ1n) is 4.46. The Kier molecular flexibility index (Phi) is 2.29. The number of hydrogen-bond donors (Lipinski definition) is 2. The van der Waals surface area contributed by atoms with Crippen LogP contribution in [-0.2, 0) is 4.79 Å². The van der Waals surface area contributed by atoms with Crippen molar-refractivity contribution in [2.24, 2.45) is 0 Å². The number of aryl methyl sites for hydroxylation is 1. The molecule has 0 amide bonds. The van der Waals surface area contributed by atoms with Crippen molar-refractivity contribution in [2.75, 3.05) is 6.61 Å². The average molecular weight is 206 g/mol. The zero-order valence-corrected chi connectivity index (χ0v) is 8.15. The highest BCUT2D eigenvalue weighted by Gasteiger charge is 2.04. The molecule has 1 aromatic carbocycles. The quantitative estimate of drug-likeness (QED) is 0.794. The Morgan fingerprint density at radius 2 is 2.40 bits per heavy atom. The highest BCUT2D eigenvalue weighted by Crippen LogP contribution is 2.20. The summed E-state index contributed by atoms with van der Waals surface area (Å²) in [5, 5.41) is 16.3. The molecule has 2 rings (SSSR count). The molecule has 0 aliphatic carbocycles. The van der Waals surface area contributed by atoms with Crippen molar-refractivity contribution in [3.8, 4) is 5.75 Å². The number of aromatic nitrogens is 2. The Bertz CT molecular complexity index is 504. The molecule has 0 bridgehead atoms. The lowest BCUT2D eigenvalue weighted by Gasteiger charge is -2.02. The maximum atomic E-state index is 10.3. The Labute approximate surface area is 85.7 Å². The first-order valence-corrected chi connectivity index (χ1v) is 4.46. The van der Waals surface area contributed by atoms with Gasteiger partial charge in [0.1, 0.15) is 5.75 Å². The summed E-state index contributed by atoms with van der Waals surface area (Å²) in [4.78, 5) is 10.3. The summed E-state index contributed by atoms with van der Waals surface area (Å²) < 4.78 is 5.04. The monoisotopic (exact) mass is 206 g/mol. The van der Waals surface area contributed by atoms with Crippen LogP contribution < -0.4 is 4.74 Å². The fourth-order valence-electron chi connectivity index (χ4n) is 1.37. The number of benzene rings is 1. The average Bonchev–Trinajstić information content (AvgIpc) is 2.57. The van der Waals surface area contributed by atoms with Crippen LogP contribution in [0.4, 0.5) is 0 Å². The predicted molar refractivity (Wildman–Crippen MR) is 54.0 cm³/mol. The molecule has 2 aromatic rings. The summed E-state index contributed by atoms with van der Waals surface area (Å²) in [6, 6.07) is 5.32. The number of carbonyl (C=O) groups is 1. The normalized spacial score (nSPS) is 10.5. The third kappa shape index (κ3) is 1.90. The first kappa shape index (κ1) is 9.51. The molecule has 0 saturated carbocycles. The summed E-state index contributed by atoms with van der Waals surface area (Å²) in [6.07, 6.45) is 0. The lowest BCUT2D eigenvalue weighted by molar-refractivity contribution is -0.139. The smallest absolute Gasteiger partial charge is 0.341 e. The zero-order chi connectivity index (χ0) is 10.8. The molecule has 2 N–H and O–H groups in total. The number of nitrogens with one attached hydrogen (secondary N) is 1. The highest BCUT2D eigenvalue weighted by atomic mass is 16.5. The van der Waals surface area contributed by atoms with Crippen LogP contribution in [-0.4, -0.2) is 27.9 Å². The largest absolute Gasteiger partial charge is 0.482 e. The maximum absolute atomic E-state index is 10.3. The van der Waals surface area contributed by atoms with Gasteiger partial charge in [-0.3, -0.25) is 5.10 Å². The molecule has 5 heteroatoms. The van der Waals surface area contributed by atoms with E-state index in [0.717, 1.165) is 16.6 Å². The summed E-state index contributed by atoms with van der Waals surface area (Å²) in [5.74, 6) is -0.468. The number of hydrogen-bond acceptors (Lipinski definition) is 3. The summed E-state index contributed by atoms with van der Waals surface area (Å²) in [6.45, 7) is 1.56. The molecule has 0 aliphatic heterocycles. The van der Waals surface area contributed by atoms with Crippen LogP contribution in [0.5, 0.6) is 5.75 Å². The molecule has 1 heterocycles. The van der Waals surface area contributed by atoms with E-state index in [4.69, 9.17) is 9.84 Å². The molecule has 1 aromatic heterocycles. The van der Waals surface area contributed by atoms with Crippen molar-refractivity contribution < 1.29 is 14.6 Å². The van der Waals surface area contributed by atoms with Crippen LogP contribution in [0.3, 0.4) is 0 Å². The second-order valence-corrected chi connectivity index (χ2v) is 3.20. The minimum atomic E-state index is -0.990. The van der Waals surface area contributed by atoms with E-state index >= 15 is 0 Å². The second-order valence-electron chi connectivity index (χ2n) is 3.20. The van der Waals surface area contributed by atoms with Crippen LogP contribution in [0.15, 0.2) is 18.2 Å². The molecule has 0 aliphatic rings. The molecular formula is C10H10N2O3. The van der Waals surface area contributed by atoms with E-state index in [1.165, 1.54) is 0 Å². The van der Waals surface area contributed by atoms with Gasteiger partial charge < -0.3 is 9.84 Å². The zero-order valence-electron chi connectivity index (χ0n) is 8.15. The minimum absolute atomic E-state index is 0.335. The lowest BCUT2D eigenvalue weighted by Crippen LogP contribution is -2.09. The Morgan fingerprint density at radius 3 is 3.13 bits per heavy atom. The number of fused-ring (bicyclic) bond motifs is 1. The molecule has 5 nitrogen and oxygen atoms in total. The molecule has 0 atom stereocenters. The van der Waals surface area contributed by atoms with E-state index in [1.54, 1.807) is 12.1 Å². The fourth-order valence-corrected chi connectivity index (χ4v) is 1.37. The van der Waals surface area contributed by atoms with Crippen LogP contribution in [0.2, 0.25) is 0 Å². The number of carboxylic acids is 1. The Balaban J connectivity index is 2.27.